The Labute approximate surface area is 219 Å². The molecule has 0 saturated heterocycles. The number of aromatic nitrogens is 7. The van der Waals surface area contributed by atoms with E-state index < -0.39 is 11.7 Å². The Balaban J connectivity index is 1.56. The van der Waals surface area contributed by atoms with E-state index in [0.717, 1.165) is 40.7 Å². The fourth-order valence-electron chi connectivity index (χ4n) is 5.11. The number of halogens is 3. The average molecular weight is 528 g/mol. The molecular formula is C26H32F3N9. The van der Waals surface area contributed by atoms with E-state index in [1.807, 2.05) is 25.9 Å². The highest BCUT2D eigenvalue weighted by atomic mass is 19.4. The fraction of sp³-hybridized carbons (Fsp3) is 0.500. The Morgan fingerprint density at radius 1 is 1.03 bits per heavy atom. The minimum absolute atomic E-state index is 0.173. The van der Waals surface area contributed by atoms with Gasteiger partial charge in [-0.3, -0.25) is 4.68 Å². The van der Waals surface area contributed by atoms with Crippen LogP contribution in [0.2, 0.25) is 0 Å². The third-order valence-corrected chi connectivity index (χ3v) is 7.15. The molecule has 3 heterocycles. The van der Waals surface area contributed by atoms with Gasteiger partial charge in [0.25, 0.3) is 5.95 Å². The molecule has 4 aromatic rings. The van der Waals surface area contributed by atoms with Crippen LogP contribution in [0.1, 0.15) is 47.2 Å². The summed E-state index contributed by atoms with van der Waals surface area (Å²) in [6.07, 6.45) is -0.767. The van der Waals surface area contributed by atoms with Gasteiger partial charge in [-0.1, -0.05) is 23.1 Å². The molecule has 0 atom stereocenters. The van der Waals surface area contributed by atoms with Gasteiger partial charge in [-0.15, -0.1) is 5.10 Å². The zero-order chi connectivity index (χ0) is 27.2. The number of alkyl halides is 3. The van der Waals surface area contributed by atoms with Crippen molar-refractivity contribution in [2.75, 3.05) is 23.4 Å². The molecule has 0 bridgehead atoms. The van der Waals surface area contributed by atoms with E-state index in [4.69, 9.17) is 4.98 Å². The molecule has 0 unspecified atom stereocenters. The SMILES string of the molecule is Cc1cc(CN(Cc2cc3c(C)nn(C)c3nc2N(C)CC2CCC2)c2nnn(C)n2)cc(C(F)(F)F)c1. The number of tetrazole rings is 1. The van der Waals surface area contributed by atoms with Gasteiger partial charge in [0.15, 0.2) is 5.65 Å². The molecule has 202 valence electrons. The van der Waals surface area contributed by atoms with Crippen LogP contribution < -0.4 is 9.80 Å². The molecule has 1 fully saturated rings. The highest BCUT2D eigenvalue weighted by Crippen LogP contribution is 2.33. The number of rotatable bonds is 8. The lowest BCUT2D eigenvalue weighted by Crippen LogP contribution is -2.32. The zero-order valence-corrected chi connectivity index (χ0v) is 22.3. The molecule has 1 saturated carbocycles. The summed E-state index contributed by atoms with van der Waals surface area (Å²) in [5.74, 6) is 1.78. The molecule has 38 heavy (non-hydrogen) atoms. The van der Waals surface area contributed by atoms with Crippen LogP contribution in [-0.2, 0) is 33.4 Å². The summed E-state index contributed by atoms with van der Waals surface area (Å²) in [4.78, 5) is 10.4. The van der Waals surface area contributed by atoms with E-state index in [1.165, 1.54) is 30.1 Å². The van der Waals surface area contributed by atoms with Crippen molar-refractivity contribution in [3.8, 4) is 0 Å². The maximum Gasteiger partial charge on any atom is 0.416 e. The summed E-state index contributed by atoms with van der Waals surface area (Å²) < 4.78 is 42.4. The Morgan fingerprint density at radius 2 is 1.79 bits per heavy atom. The molecule has 0 spiro atoms. The van der Waals surface area contributed by atoms with Crippen LogP contribution in [0.3, 0.4) is 0 Å². The summed E-state index contributed by atoms with van der Waals surface area (Å²) >= 11 is 0. The van der Waals surface area contributed by atoms with Crippen LogP contribution in [0.4, 0.5) is 24.9 Å². The van der Waals surface area contributed by atoms with Crippen LogP contribution in [0.25, 0.3) is 11.0 Å². The second kappa shape index (κ2) is 9.88. The monoisotopic (exact) mass is 527 g/mol. The Bertz CT molecular complexity index is 1450. The van der Waals surface area contributed by atoms with Crippen molar-refractivity contribution in [1.29, 1.82) is 0 Å². The Kier molecular flexibility index (Phi) is 6.74. The molecule has 5 rings (SSSR count). The van der Waals surface area contributed by atoms with Crippen LogP contribution >= 0.6 is 0 Å². The van der Waals surface area contributed by atoms with Crippen molar-refractivity contribution in [3.63, 3.8) is 0 Å². The van der Waals surface area contributed by atoms with Crippen LogP contribution in [0, 0.1) is 19.8 Å². The number of pyridine rings is 1. The normalized spacial score (nSPS) is 14.2. The van der Waals surface area contributed by atoms with E-state index >= 15 is 0 Å². The molecule has 0 radical (unpaired) electrons. The predicted molar refractivity (Wildman–Crippen MR) is 139 cm³/mol. The predicted octanol–water partition coefficient (Wildman–Crippen LogP) is 4.57. The minimum atomic E-state index is -4.43. The standard InChI is InChI=1S/C26H32F3N9/c1-16-9-19(11-21(10-16)26(27,28)29)14-38(25-31-34-37(5)33-25)15-20-12-22-17(2)32-36(4)24(22)30-23(20)35(3)13-18-7-6-8-18/h9-12,18H,6-8,13-15H2,1-5H3. The van der Waals surface area contributed by atoms with Gasteiger partial charge in [0.05, 0.1) is 18.3 Å². The third kappa shape index (κ3) is 5.30. The lowest BCUT2D eigenvalue weighted by molar-refractivity contribution is -0.137. The van der Waals surface area contributed by atoms with Gasteiger partial charge < -0.3 is 9.80 Å². The second-order valence-corrected chi connectivity index (χ2v) is 10.4. The number of aryl methyl sites for hydroxylation is 4. The van der Waals surface area contributed by atoms with Crippen molar-refractivity contribution in [1.82, 2.24) is 35.0 Å². The van der Waals surface area contributed by atoms with Crippen molar-refractivity contribution < 1.29 is 13.2 Å². The first-order valence-corrected chi connectivity index (χ1v) is 12.7. The van der Waals surface area contributed by atoms with Crippen LogP contribution in [-0.4, -0.2) is 48.6 Å². The summed E-state index contributed by atoms with van der Waals surface area (Å²) in [5.41, 5.74) is 2.96. The smallest absolute Gasteiger partial charge is 0.359 e. The van der Waals surface area contributed by atoms with Gasteiger partial charge in [-0.05, 0) is 61.6 Å². The highest BCUT2D eigenvalue weighted by molar-refractivity contribution is 5.81. The van der Waals surface area contributed by atoms with E-state index in [9.17, 15) is 13.2 Å². The number of fused-ring (bicyclic) bond motifs is 1. The number of hydrogen-bond acceptors (Lipinski definition) is 7. The van der Waals surface area contributed by atoms with Crippen molar-refractivity contribution in [3.05, 3.63) is 52.2 Å². The molecular weight excluding hydrogens is 495 g/mol. The first-order valence-electron chi connectivity index (χ1n) is 12.7. The van der Waals surface area contributed by atoms with Gasteiger partial charge in [-0.25, -0.2) is 4.98 Å². The van der Waals surface area contributed by atoms with Gasteiger partial charge in [0, 0.05) is 44.7 Å². The molecule has 9 nitrogen and oxygen atoms in total. The average Bonchev–Trinajstić information content (AvgIpc) is 3.36. The van der Waals surface area contributed by atoms with Gasteiger partial charge >= 0.3 is 6.18 Å². The maximum absolute atomic E-state index is 13.6. The quantitative estimate of drug-likeness (QED) is 0.332. The topological polar surface area (TPSA) is 80.8 Å². The minimum Gasteiger partial charge on any atom is -0.359 e. The maximum atomic E-state index is 13.6. The highest BCUT2D eigenvalue weighted by Gasteiger charge is 2.31. The molecule has 0 aliphatic heterocycles. The second-order valence-electron chi connectivity index (χ2n) is 10.4. The van der Waals surface area contributed by atoms with E-state index in [2.05, 4.69) is 31.5 Å². The Morgan fingerprint density at radius 3 is 2.42 bits per heavy atom. The molecule has 0 N–H and O–H groups in total. The third-order valence-electron chi connectivity index (χ3n) is 7.15. The Hall–Kier alpha value is -3.70. The molecule has 1 aliphatic carbocycles. The molecule has 12 heteroatoms. The van der Waals surface area contributed by atoms with E-state index in [1.54, 1.807) is 24.7 Å². The lowest BCUT2D eigenvalue weighted by atomic mass is 9.85. The summed E-state index contributed by atoms with van der Waals surface area (Å²) in [7, 11) is 5.58. The zero-order valence-electron chi connectivity index (χ0n) is 22.3. The summed E-state index contributed by atoms with van der Waals surface area (Å²) in [6, 6.07) is 6.19. The van der Waals surface area contributed by atoms with Crippen molar-refractivity contribution in [2.45, 2.75) is 52.4 Å². The van der Waals surface area contributed by atoms with Gasteiger partial charge in [0.2, 0.25) is 0 Å². The molecule has 0 amide bonds. The summed E-state index contributed by atoms with van der Waals surface area (Å²) in [6.45, 7) is 5.01. The van der Waals surface area contributed by atoms with Gasteiger partial charge in [-0.2, -0.15) is 23.1 Å². The number of benzene rings is 1. The first-order chi connectivity index (χ1) is 18.0. The number of anilines is 2. The first kappa shape index (κ1) is 25.9. The lowest BCUT2D eigenvalue weighted by Gasteiger charge is -2.32. The molecule has 1 aliphatic rings. The largest absolute Gasteiger partial charge is 0.416 e. The number of hydrogen-bond donors (Lipinski definition) is 0. The molecule has 1 aromatic carbocycles. The van der Waals surface area contributed by atoms with Crippen LogP contribution in [0.5, 0.6) is 0 Å². The van der Waals surface area contributed by atoms with Crippen molar-refractivity contribution >= 4 is 22.8 Å². The van der Waals surface area contributed by atoms with Crippen LogP contribution in [0.15, 0.2) is 24.3 Å². The van der Waals surface area contributed by atoms with Crippen molar-refractivity contribution in [2.24, 2.45) is 20.0 Å². The number of nitrogens with zero attached hydrogens (tertiary/aromatic N) is 9. The molecule has 3 aromatic heterocycles. The summed E-state index contributed by atoms with van der Waals surface area (Å²) in [5, 5.41) is 18.0. The van der Waals surface area contributed by atoms with Gasteiger partial charge in [0.1, 0.15) is 5.82 Å². The van der Waals surface area contributed by atoms with E-state index in [0.29, 0.717) is 29.5 Å². The fourth-order valence-corrected chi connectivity index (χ4v) is 5.11. The van der Waals surface area contributed by atoms with E-state index in [-0.39, 0.29) is 6.54 Å².